The van der Waals surface area contributed by atoms with Gasteiger partial charge in [0.15, 0.2) is 11.4 Å². The molecule has 1 aliphatic heterocycles. The van der Waals surface area contributed by atoms with Crippen LogP contribution in [0.4, 0.5) is 17.1 Å². The van der Waals surface area contributed by atoms with Crippen molar-refractivity contribution in [2.24, 2.45) is 0 Å². The Labute approximate surface area is 325 Å². The largest absolute Gasteiger partial charge is 0.456 e. The molecule has 0 spiro atoms. The number of rotatable bonds is 3. The Morgan fingerprint density at radius 1 is 0.404 bits per heavy atom. The number of hydrogen-bond donors (Lipinski definition) is 0. The lowest BCUT2D eigenvalue weighted by atomic mass is 9.89. The van der Waals surface area contributed by atoms with Crippen molar-refractivity contribution in [1.82, 2.24) is 9.97 Å². The summed E-state index contributed by atoms with van der Waals surface area (Å²) in [5.74, 6) is 0.641. The van der Waals surface area contributed by atoms with Gasteiger partial charge in [-0.2, -0.15) is 0 Å². The van der Waals surface area contributed by atoms with Crippen molar-refractivity contribution in [2.45, 2.75) is 0 Å². The fourth-order valence-corrected chi connectivity index (χ4v) is 9.07. The Hall–Kier alpha value is -7.76. The highest BCUT2D eigenvalue weighted by Gasteiger charge is 2.27. The van der Waals surface area contributed by atoms with E-state index in [-0.39, 0.29) is 0 Å². The molecule has 0 fully saturated rings. The van der Waals surface area contributed by atoms with Gasteiger partial charge in [0.25, 0.3) is 0 Å². The fraction of sp³-hybridized carbons (Fsp3) is 0. The standard InChI is InChI=1S/C52H29N3O2/c1-2-10-33-29-44-41(27-32(33)9-1)39-15-7-11-31-12-8-16-43(48(31)39)55(44)37-23-21-30-19-20-35(25-36(30)26-37)52-53-49(51-50(54-52)40-14-4-6-18-46(40)57-51)34-22-24-47-42(28-34)38-13-3-5-17-45(38)56-47/h1-29H. The van der Waals surface area contributed by atoms with Gasteiger partial charge < -0.3 is 13.7 Å². The van der Waals surface area contributed by atoms with Crippen molar-refractivity contribution in [3.05, 3.63) is 176 Å². The average Bonchev–Trinajstić information content (AvgIpc) is 3.83. The van der Waals surface area contributed by atoms with Crippen molar-refractivity contribution in [2.75, 3.05) is 4.90 Å². The molecule has 0 N–H and O–H groups in total. The van der Waals surface area contributed by atoms with Crippen molar-refractivity contribution in [3.63, 3.8) is 0 Å². The van der Waals surface area contributed by atoms with Gasteiger partial charge in [-0.05, 0) is 105 Å². The third-order valence-electron chi connectivity index (χ3n) is 11.7. The summed E-state index contributed by atoms with van der Waals surface area (Å²) in [5, 5.41) is 10.3. The molecular weight excluding hydrogens is 699 g/mol. The van der Waals surface area contributed by atoms with Crippen LogP contribution in [0.15, 0.2) is 185 Å². The summed E-state index contributed by atoms with van der Waals surface area (Å²) < 4.78 is 12.7. The highest BCUT2D eigenvalue weighted by Crippen LogP contribution is 2.52. The predicted molar refractivity (Wildman–Crippen MR) is 234 cm³/mol. The van der Waals surface area contributed by atoms with Crippen LogP contribution >= 0.6 is 0 Å². The van der Waals surface area contributed by atoms with E-state index in [2.05, 4.69) is 138 Å². The zero-order valence-electron chi connectivity index (χ0n) is 30.4. The topological polar surface area (TPSA) is 55.3 Å². The van der Waals surface area contributed by atoms with Gasteiger partial charge in [0.2, 0.25) is 0 Å². The molecule has 0 saturated heterocycles. The van der Waals surface area contributed by atoms with Crippen molar-refractivity contribution < 1.29 is 8.83 Å². The summed E-state index contributed by atoms with van der Waals surface area (Å²) in [6.45, 7) is 0. The molecule has 4 heterocycles. The Bertz CT molecular complexity index is 3670. The Morgan fingerprint density at radius 2 is 1.12 bits per heavy atom. The summed E-state index contributed by atoms with van der Waals surface area (Å²) in [7, 11) is 0. The van der Waals surface area contributed by atoms with E-state index in [1.165, 1.54) is 44.0 Å². The molecule has 57 heavy (non-hydrogen) atoms. The van der Waals surface area contributed by atoms with Crippen LogP contribution in [0, 0.1) is 0 Å². The molecule has 0 bridgehead atoms. The van der Waals surface area contributed by atoms with Crippen LogP contribution in [-0.4, -0.2) is 9.97 Å². The van der Waals surface area contributed by atoms with E-state index in [1.54, 1.807) is 0 Å². The quantitative estimate of drug-likeness (QED) is 0.181. The second-order valence-corrected chi connectivity index (χ2v) is 15.0. The van der Waals surface area contributed by atoms with E-state index < -0.39 is 0 Å². The molecule has 9 aromatic carbocycles. The first kappa shape index (κ1) is 30.6. The molecule has 5 heteroatoms. The van der Waals surface area contributed by atoms with Crippen molar-refractivity contribution in [3.8, 4) is 33.8 Å². The maximum atomic E-state index is 6.51. The number of anilines is 3. The average molecular weight is 728 g/mol. The van der Waals surface area contributed by atoms with Gasteiger partial charge in [0, 0.05) is 43.9 Å². The minimum Gasteiger partial charge on any atom is -0.456 e. The fourth-order valence-electron chi connectivity index (χ4n) is 9.07. The molecule has 5 nitrogen and oxygen atoms in total. The maximum Gasteiger partial charge on any atom is 0.180 e. The Morgan fingerprint density at radius 3 is 2.02 bits per heavy atom. The van der Waals surface area contributed by atoms with Crippen LogP contribution in [0.5, 0.6) is 0 Å². The van der Waals surface area contributed by atoms with Gasteiger partial charge >= 0.3 is 0 Å². The minimum absolute atomic E-state index is 0.641. The summed E-state index contributed by atoms with van der Waals surface area (Å²) >= 11 is 0. The first-order chi connectivity index (χ1) is 28.2. The third kappa shape index (κ3) is 4.45. The van der Waals surface area contributed by atoms with E-state index in [1.807, 2.05) is 42.5 Å². The van der Waals surface area contributed by atoms with Crippen LogP contribution in [0.3, 0.4) is 0 Å². The summed E-state index contributed by atoms with van der Waals surface area (Å²) in [5.41, 5.74) is 12.5. The van der Waals surface area contributed by atoms with Gasteiger partial charge in [-0.3, -0.25) is 0 Å². The lowest BCUT2D eigenvalue weighted by molar-refractivity contribution is 0.666. The molecule has 0 amide bonds. The zero-order chi connectivity index (χ0) is 37.2. The third-order valence-corrected chi connectivity index (χ3v) is 11.7. The Balaban J connectivity index is 1.01. The summed E-state index contributed by atoms with van der Waals surface area (Å²) in [4.78, 5) is 12.9. The van der Waals surface area contributed by atoms with Crippen molar-refractivity contribution in [1.29, 1.82) is 0 Å². The van der Waals surface area contributed by atoms with Crippen LogP contribution in [0.25, 0.3) is 110 Å². The second-order valence-electron chi connectivity index (χ2n) is 15.0. The van der Waals surface area contributed by atoms with E-state index in [0.717, 1.165) is 71.7 Å². The number of hydrogen-bond acceptors (Lipinski definition) is 5. The van der Waals surface area contributed by atoms with Crippen LogP contribution in [0.2, 0.25) is 0 Å². The van der Waals surface area contributed by atoms with Gasteiger partial charge in [-0.15, -0.1) is 0 Å². The molecule has 264 valence electrons. The smallest absolute Gasteiger partial charge is 0.180 e. The van der Waals surface area contributed by atoms with Crippen LogP contribution in [0.1, 0.15) is 0 Å². The lowest BCUT2D eigenvalue weighted by Crippen LogP contribution is -2.15. The molecule has 13 rings (SSSR count). The molecule has 12 aromatic rings. The van der Waals surface area contributed by atoms with Crippen LogP contribution < -0.4 is 4.90 Å². The lowest BCUT2D eigenvalue weighted by Gasteiger charge is -2.34. The number of benzene rings is 9. The predicted octanol–water partition coefficient (Wildman–Crippen LogP) is 14.5. The Kier molecular flexibility index (Phi) is 6.10. The molecule has 0 radical (unpaired) electrons. The normalized spacial score (nSPS) is 12.5. The van der Waals surface area contributed by atoms with E-state index in [0.29, 0.717) is 11.4 Å². The molecular formula is C52H29N3O2. The molecule has 0 saturated carbocycles. The highest BCUT2D eigenvalue weighted by molar-refractivity contribution is 6.16. The molecule has 0 aliphatic carbocycles. The maximum absolute atomic E-state index is 6.51. The molecule has 1 aliphatic rings. The summed E-state index contributed by atoms with van der Waals surface area (Å²) in [6, 6.07) is 62.3. The van der Waals surface area contributed by atoms with Gasteiger partial charge in [-0.25, -0.2) is 9.97 Å². The zero-order valence-corrected chi connectivity index (χ0v) is 30.4. The highest BCUT2D eigenvalue weighted by atomic mass is 16.3. The second kappa shape index (κ2) is 11.4. The molecule has 0 unspecified atom stereocenters. The van der Waals surface area contributed by atoms with Gasteiger partial charge in [0.05, 0.1) is 11.4 Å². The number of furan rings is 2. The first-order valence-electron chi connectivity index (χ1n) is 19.2. The minimum atomic E-state index is 0.641. The molecule has 0 atom stereocenters. The van der Waals surface area contributed by atoms with Gasteiger partial charge in [-0.1, -0.05) is 103 Å². The SMILES string of the molecule is c1ccc2cc3c(cc2c1)-c1cccc2cccc(c12)N3c1ccc2ccc(-c3nc(-c4ccc5oc6ccccc6c5c4)c4oc5ccccc5c4n3)cc2c1. The van der Waals surface area contributed by atoms with Crippen molar-refractivity contribution >= 4 is 93.4 Å². The first-order valence-corrected chi connectivity index (χ1v) is 19.2. The number of nitrogens with zero attached hydrogens (tertiary/aromatic N) is 3. The molecule has 3 aromatic heterocycles. The summed E-state index contributed by atoms with van der Waals surface area (Å²) in [6.07, 6.45) is 0. The monoisotopic (exact) mass is 727 g/mol. The van der Waals surface area contributed by atoms with E-state index in [9.17, 15) is 0 Å². The number of fused-ring (bicyclic) bond motifs is 10. The van der Waals surface area contributed by atoms with E-state index >= 15 is 0 Å². The van der Waals surface area contributed by atoms with Gasteiger partial charge in [0.1, 0.15) is 28.0 Å². The number of para-hydroxylation sites is 2. The van der Waals surface area contributed by atoms with E-state index in [4.69, 9.17) is 18.8 Å². The number of aromatic nitrogens is 2. The van der Waals surface area contributed by atoms with Crippen LogP contribution in [-0.2, 0) is 0 Å².